The normalized spacial score (nSPS) is 11.6. The number of rotatable bonds is 7. The fraction of sp³-hybridized carbons (Fsp3) is 0.294. The van der Waals surface area contributed by atoms with Crippen LogP contribution >= 0.6 is 11.8 Å². The summed E-state index contributed by atoms with van der Waals surface area (Å²) in [5, 5.41) is 13.4. The summed E-state index contributed by atoms with van der Waals surface area (Å²) in [7, 11) is 0. The van der Waals surface area contributed by atoms with E-state index in [2.05, 4.69) is 27.4 Å². The summed E-state index contributed by atoms with van der Waals surface area (Å²) in [5.74, 6) is 0.324. The van der Waals surface area contributed by atoms with E-state index in [9.17, 15) is 9.59 Å². The molecule has 0 aliphatic carbocycles. The molecule has 0 aliphatic rings. The number of thioether (sulfide) groups is 1. The standard InChI is InChI=1S/C17H21N5O2S/c1-4-11-22-14(13-9-7-6-8-10-13)20-21-17(22)25-12(3)15(23)19-16(24)18-5-2/h4,6-10,12H,1,5,11H2,2-3H3,(H2,18,19,23,24)/t12-/m1/s1. The van der Waals surface area contributed by atoms with Crippen molar-refractivity contribution in [2.75, 3.05) is 6.54 Å². The lowest BCUT2D eigenvalue weighted by Crippen LogP contribution is -2.42. The largest absolute Gasteiger partial charge is 0.338 e. The summed E-state index contributed by atoms with van der Waals surface area (Å²) in [6, 6.07) is 9.18. The number of benzene rings is 1. The molecule has 1 aromatic heterocycles. The van der Waals surface area contributed by atoms with Crippen molar-refractivity contribution in [2.45, 2.75) is 30.8 Å². The number of hydrogen-bond donors (Lipinski definition) is 2. The van der Waals surface area contributed by atoms with Crippen LogP contribution < -0.4 is 10.6 Å². The molecule has 132 valence electrons. The van der Waals surface area contributed by atoms with E-state index in [1.54, 1.807) is 19.9 Å². The molecule has 1 heterocycles. The van der Waals surface area contributed by atoms with Gasteiger partial charge in [0.15, 0.2) is 11.0 Å². The topological polar surface area (TPSA) is 88.9 Å². The predicted molar refractivity (Wildman–Crippen MR) is 98.2 cm³/mol. The molecule has 8 heteroatoms. The Kier molecular flexibility index (Phi) is 6.76. The lowest BCUT2D eigenvalue weighted by molar-refractivity contribution is -0.119. The smallest absolute Gasteiger partial charge is 0.321 e. The number of allylic oxidation sites excluding steroid dienone is 1. The van der Waals surface area contributed by atoms with Gasteiger partial charge in [0.1, 0.15) is 0 Å². The van der Waals surface area contributed by atoms with Crippen LogP contribution in [0.25, 0.3) is 11.4 Å². The number of amides is 3. The van der Waals surface area contributed by atoms with Crippen LogP contribution in [0.4, 0.5) is 4.79 Å². The highest BCUT2D eigenvalue weighted by Gasteiger charge is 2.21. The van der Waals surface area contributed by atoms with Gasteiger partial charge in [-0.3, -0.25) is 14.7 Å². The minimum absolute atomic E-state index is 0.384. The lowest BCUT2D eigenvalue weighted by Gasteiger charge is -2.12. The summed E-state index contributed by atoms with van der Waals surface area (Å²) >= 11 is 1.24. The van der Waals surface area contributed by atoms with Crippen molar-refractivity contribution in [3.05, 3.63) is 43.0 Å². The highest BCUT2D eigenvalue weighted by Crippen LogP contribution is 2.26. The van der Waals surface area contributed by atoms with E-state index in [1.807, 2.05) is 34.9 Å². The Morgan fingerprint density at radius 1 is 1.32 bits per heavy atom. The molecule has 0 saturated carbocycles. The van der Waals surface area contributed by atoms with Gasteiger partial charge in [-0.1, -0.05) is 48.2 Å². The van der Waals surface area contributed by atoms with Crippen molar-refractivity contribution >= 4 is 23.7 Å². The summed E-state index contributed by atoms with van der Waals surface area (Å²) in [4.78, 5) is 23.6. The minimum Gasteiger partial charge on any atom is -0.338 e. The first kappa shape index (κ1) is 18.7. The van der Waals surface area contributed by atoms with Crippen LogP contribution in [0.5, 0.6) is 0 Å². The number of carbonyl (C=O) groups is 2. The van der Waals surface area contributed by atoms with E-state index < -0.39 is 11.3 Å². The molecule has 7 nitrogen and oxygen atoms in total. The molecule has 2 rings (SSSR count). The molecule has 1 aromatic carbocycles. The van der Waals surface area contributed by atoms with Gasteiger partial charge < -0.3 is 5.32 Å². The van der Waals surface area contributed by atoms with Crippen molar-refractivity contribution in [2.24, 2.45) is 0 Å². The maximum atomic E-state index is 12.1. The third kappa shape index (κ3) is 4.93. The number of nitrogens with zero attached hydrogens (tertiary/aromatic N) is 3. The van der Waals surface area contributed by atoms with Gasteiger partial charge in [0.05, 0.1) is 5.25 Å². The zero-order valence-electron chi connectivity index (χ0n) is 14.2. The molecule has 0 radical (unpaired) electrons. The van der Waals surface area contributed by atoms with Crippen molar-refractivity contribution in [3.63, 3.8) is 0 Å². The number of urea groups is 1. The van der Waals surface area contributed by atoms with Crippen LogP contribution in [0, 0.1) is 0 Å². The second-order valence-electron chi connectivity index (χ2n) is 5.18. The molecule has 0 aliphatic heterocycles. The van der Waals surface area contributed by atoms with Gasteiger partial charge in [-0.2, -0.15) is 0 Å². The van der Waals surface area contributed by atoms with Crippen LogP contribution in [0.15, 0.2) is 48.1 Å². The van der Waals surface area contributed by atoms with E-state index >= 15 is 0 Å². The van der Waals surface area contributed by atoms with Gasteiger partial charge in [0.2, 0.25) is 5.91 Å². The minimum atomic E-state index is -0.502. The van der Waals surface area contributed by atoms with Crippen LogP contribution in [-0.2, 0) is 11.3 Å². The molecule has 0 saturated heterocycles. The Morgan fingerprint density at radius 3 is 2.68 bits per heavy atom. The molecular formula is C17H21N5O2S. The van der Waals surface area contributed by atoms with Gasteiger partial charge >= 0.3 is 6.03 Å². The lowest BCUT2D eigenvalue weighted by atomic mass is 10.2. The van der Waals surface area contributed by atoms with Crippen molar-refractivity contribution < 1.29 is 9.59 Å². The summed E-state index contributed by atoms with van der Waals surface area (Å²) in [6.45, 7) is 8.24. The highest BCUT2D eigenvalue weighted by molar-refractivity contribution is 8.00. The second kappa shape index (κ2) is 9.03. The second-order valence-corrected chi connectivity index (χ2v) is 6.49. The fourth-order valence-corrected chi connectivity index (χ4v) is 2.96. The third-order valence-corrected chi connectivity index (χ3v) is 4.37. The molecule has 0 spiro atoms. The third-order valence-electron chi connectivity index (χ3n) is 3.29. The molecule has 0 bridgehead atoms. The van der Waals surface area contributed by atoms with Gasteiger partial charge in [-0.15, -0.1) is 16.8 Å². The van der Waals surface area contributed by atoms with E-state index in [-0.39, 0.29) is 5.91 Å². The van der Waals surface area contributed by atoms with Gasteiger partial charge in [0.25, 0.3) is 0 Å². The first-order valence-electron chi connectivity index (χ1n) is 7.91. The summed E-state index contributed by atoms with van der Waals surface area (Å²) in [5.41, 5.74) is 0.933. The van der Waals surface area contributed by atoms with E-state index in [0.717, 1.165) is 5.56 Å². The van der Waals surface area contributed by atoms with Crippen LogP contribution in [0.1, 0.15) is 13.8 Å². The predicted octanol–water partition coefficient (Wildman–Crippen LogP) is 2.46. The molecule has 3 amide bonds. The molecule has 1 atom stereocenters. The summed E-state index contributed by atoms with van der Waals surface area (Å²) in [6.07, 6.45) is 1.75. The quantitative estimate of drug-likeness (QED) is 0.585. The number of nitrogens with one attached hydrogen (secondary N) is 2. The number of aromatic nitrogens is 3. The Bertz CT molecular complexity index is 745. The first-order chi connectivity index (χ1) is 12.1. The Balaban J connectivity index is 2.16. The van der Waals surface area contributed by atoms with E-state index in [0.29, 0.717) is 24.1 Å². The molecule has 2 aromatic rings. The zero-order valence-corrected chi connectivity index (χ0v) is 15.0. The van der Waals surface area contributed by atoms with Crippen LogP contribution in [0.3, 0.4) is 0 Å². The molecule has 0 fully saturated rings. The maximum Gasteiger partial charge on any atom is 0.321 e. The van der Waals surface area contributed by atoms with E-state index in [4.69, 9.17) is 0 Å². The zero-order chi connectivity index (χ0) is 18.2. The Morgan fingerprint density at radius 2 is 2.04 bits per heavy atom. The number of hydrogen-bond acceptors (Lipinski definition) is 5. The van der Waals surface area contributed by atoms with Crippen LogP contribution in [0.2, 0.25) is 0 Å². The van der Waals surface area contributed by atoms with Crippen molar-refractivity contribution in [1.29, 1.82) is 0 Å². The van der Waals surface area contributed by atoms with Crippen molar-refractivity contribution in [3.8, 4) is 11.4 Å². The van der Waals surface area contributed by atoms with Crippen molar-refractivity contribution in [1.82, 2.24) is 25.4 Å². The average molecular weight is 359 g/mol. The highest BCUT2D eigenvalue weighted by atomic mass is 32.2. The average Bonchev–Trinajstić information content (AvgIpc) is 2.98. The number of carbonyl (C=O) groups excluding carboxylic acids is 2. The summed E-state index contributed by atoms with van der Waals surface area (Å²) < 4.78 is 1.89. The Hall–Kier alpha value is -2.61. The van der Waals surface area contributed by atoms with Gasteiger partial charge in [-0.05, 0) is 13.8 Å². The van der Waals surface area contributed by atoms with Gasteiger partial charge in [0, 0.05) is 18.7 Å². The van der Waals surface area contributed by atoms with Gasteiger partial charge in [-0.25, -0.2) is 4.79 Å². The first-order valence-corrected chi connectivity index (χ1v) is 8.79. The monoisotopic (exact) mass is 359 g/mol. The fourth-order valence-electron chi connectivity index (χ4n) is 2.10. The molecular weight excluding hydrogens is 338 g/mol. The SMILES string of the molecule is C=CCn1c(S[C@H](C)C(=O)NC(=O)NCC)nnc1-c1ccccc1. The Labute approximate surface area is 150 Å². The number of imide groups is 1. The van der Waals surface area contributed by atoms with Crippen LogP contribution in [-0.4, -0.2) is 38.5 Å². The molecule has 25 heavy (non-hydrogen) atoms. The van der Waals surface area contributed by atoms with E-state index in [1.165, 1.54) is 11.8 Å². The molecule has 2 N–H and O–H groups in total. The molecule has 0 unspecified atom stereocenters. The maximum absolute atomic E-state index is 12.1.